The van der Waals surface area contributed by atoms with Gasteiger partial charge in [-0.2, -0.15) is 9.90 Å². The first-order chi connectivity index (χ1) is 13.4. The zero-order valence-corrected chi connectivity index (χ0v) is 14.2. The standard InChI is InChI=1S/C19H14N8/c1-2-9-20-16(6-1)13-26-24-19(23-25-26)15-5-3-4-14(12-15)17-7-10-21-18-8-11-22-27(17)18/h1-12H,13H2. The summed E-state index contributed by atoms with van der Waals surface area (Å²) in [6.45, 7) is 0.478. The number of fused-ring (bicyclic) bond motifs is 1. The van der Waals surface area contributed by atoms with Crippen molar-refractivity contribution in [3.63, 3.8) is 0 Å². The van der Waals surface area contributed by atoms with Gasteiger partial charge in [0.05, 0.1) is 17.6 Å². The van der Waals surface area contributed by atoms with Crippen LogP contribution in [-0.4, -0.2) is 39.8 Å². The van der Waals surface area contributed by atoms with E-state index in [1.54, 1.807) is 23.4 Å². The Bertz CT molecular complexity index is 1210. The van der Waals surface area contributed by atoms with Gasteiger partial charge in [0.15, 0.2) is 5.65 Å². The first kappa shape index (κ1) is 15.3. The first-order valence-corrected chi connectivity index (χ1v) is 8.44. The number of rotatable bonds is 4. The second-order valence-corrected chi connectivity index (χ2v) is 5.98. The van der Waals surface area contributed by atoms with Gasteiger partial charge >= 0.3 is 0 Å². The molecule has 0 fully saturated rings. The maximum atomic E-state index is 4.48. The molecule has 0 spiro atoms. The molecule has 5 aromatic rings. The van der Waals surface area contributed by atoms with Crippen LogP contribution in [0.2, 0.25) is 0 Å². The monoisotopic (exact) mass is 354 g/mol. The number of aromatic nitrogens is 8. The van der Waals surface area contributed by atoms with E-state index in [-0.39, 0.29) is 0 Å². The molecule has 0 saturated carbocycles. The third kappa shape index (κ3) is 2.93. The summed E-state index contributed by atoms with van der Waals surface area (Å²) in [5, 5.41) is 17.2. The number of hydrogen-bond acceptors (Lipinski definition) is 6. The Morgan fingerprint density at radius 3 is 2.70 bits per heavy atom. The SMILES string of the molecule is c1ccc(Cn2nnc(-c3cccc(-c4ccnc5ccnn45)c3)n2)nc1. The van der Waals surface area contributed by atoms with Crippen molar-refractivity contribution in [1.82, 2.24) is 39.8 Å². The summed E-state index contributed by atoms with van der Waals surface area (Å²) in [5.74, 6) is 0.568. The molecular formula is C19H14N8. The molecule has 0 aliphatic heterocycles. The van der Waals surface area contributed by atoms with Gasteiger partial charge in [-0.15, -0.1) is 10.2 Å². The molecular weight excluding hydrogens is 340 g/mol. The minimum Gasteiger partial charge on any atom is -0.259 e. The fraction of sp³-hybridized carbons (Fsp3) is 0.0526. The molecule has 130 valence electrons. The minimum atomic E-state index is 0.478. The van der Waals surface area contributed by atoms with Gasteiger partial charge < -0.3 is 0 Å². The molecule has 0 atom stereocenters. The van der Waals surface area contributed by atoms with E-state index in [0.717, 1.165) is 28.2 Å². The summed E-state index contributed by atoms with van der Waals surface area (Å²) in [6.07, 6.45) is 5.27. The van der Waals surface area contributed by atoms with Crippen LogP contribution in [0.3, 0.4) is 0 Å². The van der Waals surface area contributed by atoms with Crippen molar-refractivity contribution in [3.05, 3.63) is 78.9 Å². The smallest absolute Gasteiger partial charge is 0.204 e. The molecule has 0 amide bonds. The van der Waals surface area contributed by atoms with E-state index >= 15 is 0 Å². The topological polar surface area (TPSA) is 86.7 Å². The van der Waals surface area contributed by atoms with E-state index < -0.39 is 0 Å². The summed E-state index contributed by atoms with van der Waals surface area (Å²) in [4.78, 5) is 10.1. The highest BCUT2D eigenvalue weighted by molar-refractivity contribution is 5.69. The van der Waals surface area contributed by atoms with E-state index in [1.807, 2.05) is 59.1 Å². The van der Waals surface area contributed by atoms with Crippen LogP contribution in [0.25, 0.3) is 28.3 Å². The van der Waals surface area contributed by atoms with E-state index in [1.165, 1.54) is 0 Å². The third-order valence-electron chi connectivity index (χ3n) is 4.19. The van der Waals surface area contributed by atoms with Gasteiger partial charge in [-0.3, -0.25) is 4.98 Å². The van der Waals surface area contributed by atoms with Gasteiger partial charge in [0.2, 0.25) is 5.82 Å². The van der Waals surface area contributed by atoms with Gasteiger partial charge in [-0.05, 0) is 29.5 Å². The van der Waals surface area contributed by atoms with Crippen molar-refractivity contribution < 1.29 is 0 Å². The fourth-order valence-corrected chi connectivity index (χ4v) is 2.93. The molecule has 8 nitrogen and oxygen atoms in total. The molecule has 4 heterocycles. The summed E-state index contributed by atoms with van der Waals surface area (Å²) in [6, 6.07) is 17.5. The van der Waals surface area contributed by atoms with Crippen LogP contribution < -0.4 is 0 Å². The summed E-state index contributed by atoms with van der Waals surface area (Å²) in [7, 11) is 0. The van der Waals surface area contributed by atoms with Crippen LogP contribution in [0.5, 0.6) is 0 Å². The molecule has 0 saturated heterocycles. The highest BCUT2D eigenvalue weighted by Crippen LogP contribution is 2.24. The lowest BCUT2D eigenvalue weighted by Gasteiger charge is -2.05. The summed E-state index contributed by atoms with van der Waals surface area (Å²) < 4.78 is 1.81. The predicted molar refractivity (Wildman–Crippen MR) is 98.6 cm³/mol. The van der Waals surface area contributed by atoms with Crippen molar-refractivity contribution in [2.75, 3.05) is 0 Å². The molecule has 0 aliphatic rings. The fourth-order valence-electron chi connectivity index (χ4n) is 2.93. The van der Waals surface area contributed by atoms with Gasteiger partial charge in [-0.25, -0.2) is 9.50 Å². The van der Waals surface area contributed by atoms with Crippen LogP contribution in [0, 0.1) is 0 Å². The lowest BCUT2D eigenvalue weighted by Crippen LogP contribution is -2.05. The second-order valence-electron chi connectivity index (χ2n) is 5.98. The van der Waals surface area contributed by atoms with Crippen LogP contribution in [0.1, 0.15) is 5.69 Å². The maximum absolute atomic E-state index is 4.48. The quantitative estimate of drug-likeness (QED) is 0.493. The Morgan fingerprint density at radius 1 is 0.815 bits per heavy atom. The highest BCUT2D eigenvalue weighted by Gasteiger charge is 2.10. The van der Waals surface area contributed by atoms with Gasteiger partial charge in [0, 0.05) is 29.6 Å². The Balaban J connectivity index is 1.49. The summed E-state index contributed by atoms with van der Waals surface area (Å²) in [5.41, 5.74) is 4.53. The molecule has 0 unspecified atom stereocenters. The van der Waals surface area contributed by atoms with Crippen molar-refractivity contribution in [2.45, 2.75) is 6.54 Å². The Hall–Kier alpha value is -3.94. The van der Waals surface area contributed by atoms with E-state index in [9.17, 15) is 0 Å². The minimum absolute atomic E-state index is 0.478. The highest BCUT2D eigenvalue weighted by atomic mass is 15.6. The molecule has 0 N–H and O–H groups in total. The maximum Gasteiger partial charge on any atom is 0.204 e. The largest absolute Gasteiger partial charge is 0.259 e. The molecule has 5 rings (SSSR count). The average Bonchev–Trinajstić information content (AvgIpc) is 3.38. The van der Waals surface area contributed by atoms with Crippen LogP contribution in [0.4, 0.5) is 0 Å². The van der Waals surface area contributed by atoms with Crippen molar-refractivity contribution in [2.24, 2.45) is 0 Å². The number of hydrogen-bond donors (Lipinski definition) is 0. The molecule has 0 bridgehead atoms. The van der Waals surface area contributed by atoms with E-state index in [4.69, 9.17) is 0 Å². The lowest BCUT2D eigenvalue weighted by molar-refractivity contribution is 0.564. The lowest BCUT2D eigenvalue weighted by atomic mass is 10.1. The number of nitrogens with zero attached hydrogens (tertiary/aromatic N) is 8. The van der Waals surface area contributed by atoms with E-state index in [2.05, 4.69) is 30.5 Å². The Labute approximate surface area is 154 Å². The third-order valence-corrected chi connectivity index (χ3v) is 4.19. The predicted octanol–water partition coefficient (Wildman–Crippen LogP) is 2.49. The van der Waals surface area contributed by atoms with Crippen molar-refractivity contribution >= 4 is 5.65 Å². The molecule has 8 heteroatoms. The van der Waals surface area contributed by atoms with Gasteiger partial charge in [0.25, 0.3) is 0 Å². The van der Waals surface area contributed by atoms with Gasteiger partial charge in [-0.1, -0.05) is 24.3 Å². The zero-order chi connectivity index (χ0) is 18.1. The molecule has 4 aromatic heterocycles. The van der Waals surface area contributed by atoms with E-state index in [0.29, 0.717) is 12.4 Å². The zero-order valence-electron chi connectivity index (χ0n) is 14.2. The van der Waals surface area contributed by atoms with Crippen molar-refractivity contribution in [3.8, 4) is 22.6 Å². The number of tetrazole rings is 1. The van der Waals surface area contributed by atoms with Crippen molar-refractivity contribution in [1.29, 1.82) is 0 Å². The molecule has 0 radical (unpaired) electrons. The first-order valence-electron chi connectivity index (χ1n) is 8.44. The number of pyridine rings is 1. The van der Waals surface area contributed by atoms with Crippen LogP contribution in [0.15, 0.2) is 73.2 Å². The molecule has 0 aliphatic carbocycles. The second kappa shape index (κ2) is 6.41. The van der Waals surface area contributed by atoms with Crippen LogP contribution in [-0.2, 0) is 6.54 Å². The van der Waals surface area contributed by atoms with Crippen LogP contribution >= 0.6 is 0 Å². The Morgan fingerprint density at radius 2 is 1.78 bits per heavy atom. The Kier molecular flexibility index (Phi) is 3.64. The number of benzene rings is 1. The average molecular weight is 354 g/mol. The van der Waals surface area contributed by atoms with Gasteiger partial charge in [0.1, 0.15) is 6.54 Å². The molecule has 27 heavy (non-hydrogen) atoms. The normalized spacial score (nSPS) is 11.1. The molecule has 1 aromatic carbocycles. The summed E-state index contributed by atoms with van der Waals surface area (Å²) >= 11 is 0.